The molecule has 0 aromatic carbocycles. The van der Waals surface area contributed by atoms with Crippen LogP contribution >= 0.6 is 23.3 Å². The Hall–Kier alpha value is -0.620. The Morgan fingerprint density at radius 3 is 2.77 bits per heavy atom. The molecule has 1 aromatic rings. The van der Waals surface area contributed by atoms with Crippen LogP contribution in [0.1, 0.15) is 13.8 Å². The first-order valence-electron chi connectivity index (χ1n) is 3.82. The van der Waals surface area contributed by atoms with Gasteiger partial charge in [-0.1, -0.05) is 25.6 Å². The van der Waals surface area contributed by atoms with Crippen molar-refractivity contribution in [1.29, 1.82) is 0 Å². The molecule has 0 atom stereocenters. The van der Waals surface area contributed by atoms with E-state index in [0.29, 0.717) is 10.3 Å². The summed E-state index contributed by atoms with van der Waals surface area (Å²) in [6, 6.07) is 0. The molecule has 0 radical (unpaired) electrons. The average Bonchev–Trinajstić information content (AvgIpc) is 2.52. The van der Waals surface area contributed by atoms with Crippen LogP contribution in [0.25, 0.3) is 0 Å². The first kappa shape index (κ1) is 10.5. The smallest absolute Gasteiger partial charge is 0.228 e. The van der Waals surface area contributed by atoms with Gasteiger partial charge in [0.05, 0.1) is 0 Å². The standard InChI is InChI=1S/C7H11N3OS2/c1-4(2)5(11)8-6-9-7(12-3)10-13-6/h4H,1-3H3,(H,8,9,10,11). The van der Waals surface area contributed by atoms with Crippen LogP contribution in [-0.2, 0) is 4.79 Å². The molecule has 0 unspecified atom stereocenters. The molecule has 1 N–H and O–H groups in total. The number of carbonyl (C=O) groups is 1. The molecule has 0 aliphatic heterocycles. The summed E-state index contributed by atoms with van der Waals surface area (Å²) >= 11 is 2.67. The third kappa shape index (κ3) is 2.96. The zero-order chi connectivity index (χ0) is 9.84. The van der Waals surface area contributed by atoms with Crippen LogP contribution in [0, 0.1) is 5.92 Å². The van der Waals surface area contributed by atoms with E-state index in [9.17, 15) is 4.79 Å². The SMILES string of the molecule is CSc1nsc(NC(=O)C(C)C)n1. The maximum Gasteiger partial charge on any atom is 0.228 e. The average molecular weight is 217 g/mol. The molecule has 0 bridgehead atoms. The van der Waals surface area contributed by atoms with Crippen molar-refractivity contribution in [1.82, 2.24) is 9.36 Å². The van der Waals surface area contributed by atoms with Gasteiger partial charge in [0.25, 0.3) is 0 Å². The molecule has 0 aliphatic carbocycles. The molecule has 6 heteroatoms. The van der Waals surface area contributed by atoms with Crippen LogP contribution < -0.4 is 5.32 Å². The summed E-state index contributed by atoms with van der Waals surface area (Å²) in [5.74, 6) is -0.0505. The first-order chi connectivity index (χ1) is 6.13. The van der Waals surface area contributed by atoms with Gasteiger partial charge in [-0.3, -0.25) is 4.79 Å². The monoisotopic (exact) mass is 217 g/mol. The maximum atomic E-state index is 11.2. The highest BCUT2D eigenvalue weighted by molar-refractivity contribution is 7.98. The van der Waals surface area contributed by atoms with E-state index >= 15 is 0 Å². The van der Waals surface area contributed by atoms with Gasteiger partial charge in [-0.2, -0.15) is 9.36 Å². The van der Waals surface area contributed by atoms with Gasteiger partial charge in [0.1, 0.15) is 0 Å². The quantitative estimate of drug-likeness (QED) is 0.785. The topological polar surface area (TPSA) is 54.9 Å². The largest absolute Gasteiger partial charge is 0.300 e. The highest BCUT2D eigenvalue weighted by Gasteiger charge is 2.10. The van der Waals surface area contributed by atoms with E-state index in [1.165, 1.54) is 23.3 Å². The van der Waals surface area contributed by atoms with Crippen molar-refractivity contribution < 1.29 is 4.79 Å². The number of carbonyl (C=O) groups excluding carboxylic acids is 1. The molecule has 1 rings (SSSR count). The Morgan fingerprint density at radius 1 is 1.62 bits per heavy atom. The van der Waals surface area contributed by atoms with Gasteiger partial charge in [0.15, 0.2) is 0 Å². The first-order valence-corrected chi connectivity index (χ1v) is 5.82. The number of thioether (sulfide) groups is 1. The normalized spacial score (nSPS) is 10.5. The van der Waals surface area contributed by atoms with Gasteiger partial charge in [0.2, 0.25) is 16.2 Å². The Kier molecular flexibility index (Phi) is 3.68. The number of nitrogens with zero attached hydrogens (tertiary/aromatic N) is 2. The Bertz CT molecular complexity index is 298. The minimum Gasteiger partial charge on any atom is -0.300 e. The van der Waals surface area contributed by atoms with Crippen molar-refractivity contribution >= 4 is 34.3 Å². The molecule has 1 heterocycles. The van der Waals surface area contributed by atoms with E-state index in [4.69, 9.17) is 0 Å². The van der Waals surface area contributed by atoms with E-state index in [1.54, 1.807) is 0 Å². The molecule has 4 nitrogen and oxygen atoms in total. The van der Waals surface area contributed by atoms with Crippen molar-refractivity contribution in [2.75, 3.05) is 11.6 Å². The number of amides is 1. The predicted octanol–water partition coefficient (Wildman–Crippen LogP) is 1.85. The van der Waals surface area contributed by atoms with E-state index in [0.717, 1.165) is 0 Å². The Balaban J connectivity index is 2.59. The minimum absolute atomic E-state index is 0.0243. The highest BCUT2D eigenvalue weighted by Crippen LogP contribution is 2.17. The van der Waals surface area contributed by atoms with Crippen LogP contribution in [0.15, 0.2) is 5.16 Å². The zero-order valence-corrected chi connectivity index (χ0v) is 9.33. The third-order valence-corrected chi connectivity index (χ3v) is 2.64. The minimum atomic E-state index is -0.0263. The molecule has 0 saturated heterocycles. The number of hydrogen-bond donors (Lipinski definition) is 1. The summed E-state index contributed by atoms with van der Waals surface area (Å²) in [4.78, 5) is 15.3. The van der Waals surface area contributed by atoms with E-state index in [2.05, 4.69) is 14.7 Å². The second kappa shape index (κ2) is 4.57. The second-order valence-corrected chi connectivity index (χ2v) is 4.26. The van der Waals surface area contributed by atoms with Gasteiger partial charge < -0.3 is 5.32 Å². The lowest BCUT2D eigenvalue weighted by Gasteiger charge is -2.02. The predicted molar refractivity (Wildman–Crippen MR) is 55.2 cm³/mol. The third-order valence-electron chi connectivity index (χ3n) is 1.34. The second-order valence-electron chi connectivity index (χ2n) is 2.73. The van der Waals surface area contributed by atoms with E-state index in [-0.39, 0.29) is 11.8 Å². The summed E-state index contributed by atoms with van der Waals surface area (Å²) in [5.41, 5.74) is 0. The number of nitrogens with one attached hydrogen (secondary N) is 1. The molecule has 1 aromatic heterocycles. The fourth-order valence-corrected chi connectivity index (χ4v) is 1.72. The zero-order valence-electron chi connectivity index (χ0n) is 7.70. The molecule has 0 saturated carbocycles. The molecular weight excluding hydrogens is 206 g/mol. The molecule has 72 valence electrons. The van der Waals surface area contributed by atoms with Crippen LogP contribution in [0.3, 0.4) is 0 Å². The van der Waals surface area contributed by atoms with Gasteiger partial charge >= 0.3 is 0 Å². The fraction of sp³-hybridized carbons (Fsp3) is 0.571. The lowest BCUT2D eigenvalue weighted by molar-refractivity contribution is -0.118. The van der Waals surface area contributed by atoms with Crippen LogP contribution in [-0.4, -0.2) is 21.5 Å². The van der Waals surface area contributed by atoms with E-state index in [1.807, 2.05) is 20.1 Å². The molecule has 0 aliphatic rings. The Morgan fingerprint density at radius 2 is 2.31 bits per heavy atom. The summed E-state index contributed by atoms with van der Waals surface area (Å²) in [5, 5.41) is 3.96. The van der Waals surface area contributed by atoms with Crippen molar-refractivity contribution in [3.05, 3.63) is 0 Å². The summed E-state index contributed by atoms with van der Waals surface area (Å²) in [6.07, 6.45) is 1.90. The highest BCUT2D eigenvalue weighted by atomic mass is 32.2. The van der Waals surface area contributed by atoms with Gasteiger partial charge in [0, 0.05) is 17.5 Å². The molecular formula is C7H11N3OS2. The van der Waals surface area contributed by atoms with Gasteiger partial charge in [-0.25, -0.2) is 0 Å². The van der Waals surface area contributed by atoms with Gasteiger partial charge in [-0.05, 0) is 6.26 Å². The van der Waals surface area contributed by atoms with Crippen molar-refractivity contribution in [2.24, 2.45) is 5.92 Å². The van der Waals surface area contributed by atoms with Crippen LogP contribution in [0.4, 0.5) is 5.13 Å². The lowest BCUT2D eigenvalue weighted by Crippen LogP contribution is -2.17. The lowest BCUT2D eigenvalue weighted by atomic mass is 10.2. The molecule has 1 amide bonds. The van der Waals surface area contributed by atoms with Crippen LogP contribution in [0.5, 0.6) is 0 Å². The maximum absolute atomic E-state index is 11.2. The van der Waals surface area contributed by atoms with Crippen molar-refractivity contribution in [3.8, 4) is 0 Å². The van der Waals surface area contributed by atoms with Crippen molar-refractivity contribution in [3.63, 3.8) is 0 Å². The summed E-state index contributed by atoms with van der Waals surface area (Å²) in [7, 11) is 0. The van der Waals surface area contributed by atoms with Crippen molar-refractivity contribution in [2.45, 2.75) is 19.0 Å². The van der Waals surface area contributed by atoms with E-state index < -0.39 is 0 Å². The molecule has 0 fully saturated rings. The number of rotatable bonds is 3. The molecule has 0 spiro atoms. The number of aromatic nitrogens is 2. The van der Waals surface area contributed by atoms with Crippen LogP contribution in [0.2, 0.25) is 0 Å². The van der Waals surface area contributed by atoms with Gasteiger partial charge in [-0.15, -0.1) is 0 Å². The number of anilines is 1. The summed E-state index contributed by atoms with van der Waals surface area (Å²) in [6.45, 7) is 3.68. The summed E-state index contributed by atoms with van der Waals surface area (Å²) < 4.78 is 4.03. The molecule has 13 heavy (non-hydrogen) atoms. The Labute approximate surface area is 85.3 Å². The fourth-order valence-electron chi connectivity index (χ4n) is 0.593. The number of hydrogen-bond acceptors (Lipinski definition) is 5.